The average molecular weight is 559 g/mol. The summed E-state index contributed by atoms with van der Waals surface area (Å²) < 4.78 is 27.1. The number of carboxylic acid groups (broad SMARTS) is 1. The zero-order chi connectivity index (χ0) is 29.6. The Morgan fingerprint density at radius 1 is 0.951 bits per heavy atom. The Hall–Kier alpha value is -5.05. The average Bonchev–Trinajstić information content (AvgIpc) is 3.39. The van der Waals surface area contributed by atoms with Crippen LogP contribution in [0.15, 0.2) is 88.1 Å². The minimum Gasteiger partial charge on any atom is -0.493 e. The highest BCUT2D eigenvalue weighted by atomic mass is 16.6. The quantitative estimate of drug-likeness (QED) is 0.177. The van der Waals surface area contributed by atoms with Crippen LogP contribution in [0.5, 0.6) is 17.2 Å². The maximum absolute atomic E-state index is 12.4. The normalized spacial score (nSPS) is 14.0. The van der Waals surface area contributed by atoms with Gasteiger partial charge in [0.2, 0.25) is 0 Å². The van der Waals surface area contributed by atoms with E-state index in [0.29, 0.717) is 34.8 Å². The number of fused-ring (bicyclic) bond motifs is 2. The highest BCUT2D eigenvalue weighted by Gasteiger charge is 2.40. The van der Waals surface area contributed by atoms with E-state index < -0.39 is 17.2 Å². The molecule has 5 rings (SSSR count). The molecule has 0 spiro atoms. The second-order valence-electron chi connectivity index (χ2n) is 9.71. The Morgan fingerprint density at radius 3 is 2.37 bits per heavy atom. The van der Waals surface area contributed by atoms with Crippen molar-refractivity contribution < 1.29 is 38.1 Å². The summed E-state index contributed by atoms with van der Waals surface area (Å²) in [7, 11) is 3.08. The van der Waals surface area contributed by atoms with E-state index in [0.717, 1.165) is 22.6 Å². The summed E-state index contributed by atoms with van der Waals surface area (Å²) in [4.78, 5) is 34.1. The molecule has 0 aliphatic carbocycles. The van der Waals surface area contributed by atoms with Crippen molar-refractivity contribution in [1.29, 1.82) is 0 Å². The van der Waals surface area contributed by atoms with Gasteiger partial charge >= 0.3 is 17.6 Å². The van der Waals surface area contributed by atoms with E-state index in [-0.39, 0.29) is 12.1 Å². The van der Waals surface area contributed by atoms with Crippen LogP contribution in [0.3, 0.4) is 0 Å². The zero-order valence-corrected chi connectivity index (χ0v) is 23.1. The van der Waals surface area contributed by atoms with Gasteiger partial charge in [0.1, 0.15) is 23.0 Å². The second-order valence-corrected chi connectivity index (χ2v) is 9.71. The van der Waals surface area contributed by atoms with E-state index in [1.165, 1.54) is 19.3 Å². The molecule has 9 heteroatoms. The first-order valence-electron chi connectivity index (χ1n) is 12.7. The van der Waals surface area contributed by atoms with Crippen LogP contribution in [0, 0.1) is 0 Å². The van der Waals surface area contributed by atoms with E-state index in [4.69, 9.17) is 28.5 Å². The van der Waals surface area contributed by atoms with Gasteiger partial charge in [-0.3, -0.25) is 0 Å². The Labute approximate surface area is 236 Å². The molecule has 0 radical (unpaired) electrons. The van der Waals surface area contributed by atoms with Crippen LogP contribution in [-0.2, 0) is 16.0 Å². The van der Waals surface area contributed by atoms with Crippen molar-refractivity contribution in [1.82, 2.24) is 0 Å². The molecule has 0 saturated heterocycles. The summed E-state index contributed by atoms with van der Waals surface area (Å²) in [5, 5.41) is 9.30. The minimum absolute atomic E-state index is 0.325. The Bertz CT molecular complexity index is 1630. The van der Waals surface area contributed by atoms with Gasteiger partial charge in [-0.2, -0.15) is 0 Å². The third kappa shape index (κ3) is 7.13. The molecule has 4 aromatic rings. The lowest BCUT2D eigenvalue weighted by molar-refractivity contribution is -0.131. The van der Waals surface area contributed by atoms with Crippen molar-refractivity contribution in [3.05, 3.63) is 106 Å². The lowest BCUT2D eigenvalue weighted by Crippen LogP contribution is -2.43. The number of carbonyl (C=O) groups excluding carboxylic acids is 1. The fraction of sp³-hybridized carbons (Fsp3) is 0.219. The van der Waals surface area contributed by atoms with Crippen molar-refractivity contribution in [3.8, 4) is 17.2 Å². The molecule has 0 amide bonds. The van der Waals surface area contributed by atoms with Crippen LogP contribution < -0.4 is 19.8 Å². The predicted octanol–water partition coefficient (Wildman–Crippen LogP) is 5.53. The molecule has 3 aromatic carbocycles. The van der Waals surface area contributed by atoms with Crippen LogP contribution in [0.25, 0.3) is 17.0 Å². The molecule has 2 heterocycles. The molecule has 0 fully saturated rings. The van der Waals surface area contributed by atoms with Gasteiger partial charge in [-0.05, 0) is 67.4 Å². The first-order valence-corrected chi connectivity index (χ1v) is 12.7. The van der Waals surface area contributed by atoms with Crippen molar-refractivity contribution >= 4 is 29.0 Å². The standard InChI is InChI=1S/C21H18O5.C11H12O4/c1-21(2,26-20(23)13-6-4-3-5-7-13)18-11-15-10-14-8-9-19(22)25-16(14)12-17(15)24-18;1-14-9-5-3-8(4-6-11(12)13)7-10(9)15-2/h3-10,12,18H,11H2,1-2H3;3-7H,1-2H3,(H,12,13). The molecule has 1 unspecified atom stereocenters. The molecular formula is C32H30O9. The van der Waals surface area contributed by atoms with Crippen molar-refractivity contribution in [2.75, 3.05) is 14.2 Å². The fourth-order valence-electron chi connectivity index (χ4n) is 4.26. The third-order valence-corrected chi connectivity index (χ3v) is 6.44. The van der Waals surface area contributed by atoms with Gasteiger partial charge in [-0.1, -0.05) is 24.3 Å². The topological polar surface area (TPSA) is 122 Å². The number of hydrogen-bond donors (Lipinski definition) is 1. The number of ether oxygens (including phenoxy) is 4. The summed E-state index contributed by atoms with van der Waals surface area (Å²) in [6, 6.07) is 20.9. The monoisotopic (exact) mass is 558 g/mol. The van der Waals surface area contributed by atoms with Crippen LogP contribution in [0.2, 0.25) is 0 Å². The number of hydrogen-bond acceptors (Lipinski definition) is 8. The first-order chi connectivity index (χ1) is 19.6. The smallest absolute Gasteiger partial charge is 0.338 e. The van der Waals surface area contributed by atoms with Gasteiger partial charge in [0.15, 0.2) is 11.5 Å². The van der Waals surface area contributed by atoms with E-state index in [9.17, 15) is 14.4 Å². The lowest BCUT2D eigenvalue weighted by atomic mass is 9.96. The minimum atomic E-state index is -0.982. The van der Waals surface area contributed by atoms with Crippen LogP contribution in [0.4, 0.5) is 0 Å². The SMILES string of the molecule is CC(C)(OC(=O)c1ccccc1)C1Cc2cc3ccc(=O)oc3cc2O1.COc1ccc(C=CC(=O)O)cc1OC. The number of benzene rings is 3. The van der Waals surface area contributed by atoms with E-state index in [1.807, 2.05) is 26.0 Å². The van der Waals surface area contributed by atoms with Crippen LogP contribution in [-0.4, -0.2) is 43.0 Å². The van der Waals surface area contributed by atoms with Gasteiger partial charge in [-0.15, -0.1) is 0 Å². The van der Waals surface area contributed by atoms with Gasteiger partial charge in [0.25, 0.3) is 0 Å². The zero-order valence-electron chi connectivity index (χ0n) is 23.1. The molecule has 0 bridgehead atoms. The van der Waals surface area contributed by atoms with Gasteiger partial charge in [0.05, 0.1) is 19.8 Å². The number of carbonyl (C=O) groups is 2. The largest absolute Gasteiger partial charge is 0.493 e. The van der Waals surface area contributed by atoms with Crippen LogP contribution >= 0.6 is 0 Å². The first kappa shape index (κ1) is 28.9. The fourth-order valence-corrected chi connectivity index (χ4v) is 4.26. The molecule has 1 aliphatic rings. The number of aliphatic carboxylic acids is 1. The molecule has 41 heavy (non-hydrogen) atoms. The van der Waals surface area contributed by atoms with Gasteiger partial charge in [0, 0.05) is 30.0 Å². The molecule has 1 N–H and O–H groups in total. The van der Waals surface area contributed by atoms with E-state index in [1.54, 1.807) is 61.7 Å². The van der Waals surface area contributed by atoms with Crippen LogP contribution in [0.1, 0.15) is 35.3 Å². The maximum atomic E-state index is 12.4. The molecule has 1 aromatic heterocycles. The molecule has 1 atom stereocenters. The number of carboxylic acids is 1. The lowest BCUT2D eigenvalue weighted by Gasteiger charge is -2.30. The number of methoxy groups -OCH3 is 2. The summed E-state index contributed by atoms with van der Waals surface area (Å²) in [5.74, 6) is 0.479. The van der Waals surface area contributed by atoms with Crippen molar-refractivity contribution in [2.24, 2.45) is 0 Å². The molecule has 212 valence electrons. The Balaban J connectivity index is 0.000000221. The summed E-state index contributed by atoms with van der Waals surface area (Å²) in [5.41, 5.74) is 1.51. The summed E-state index contributed by atoms with van der Waals surface area (Å²) in [6.07, 6.45) is 2.85. The maximum Gasteiger partial charge on any atom is 0.338 e. The molecule has 0 saturated carbocycles. The number of esters is 1. The van der Waals surface area contributed by atoms with Crippen molar-refractivity contribution in [3.63, 3.8) is 0 Å². The third-order valence-electron chi connectivity index (χ3n) is 6.44. The number of rotatable bonds is 7. The van der Waals surface area contributed by atoms with Gasteiger partial charge < -0.3 is 28.5 Å². The van der Waals surface area contributed by atoms with Gasteiger partial charge in [-0.25, -0.2) is 14.4 Å². The molecule has 1 aliphatic heterocycles. The highest BCUT2D eigenvalue weighted by Crippen LogP contribution is 2.37. The summed E-state index contributed by atoms with van der Waals surface area (Å²) >= 11 is 0. The van der Waals surface area contributed by atoms with E-state index in [2.05, 4.69) is 0 Å². The second kappa shape index (κ2) is 12.4. The van der Waals surface area contributed by atoms with Crippen molar-refractivity contribution in [2.45, 2.75) is 32.0 Å². The summed E-state index contributed by atoms with van der Waals surface area (Å²) in [6.45, 7) is 3.68. The highest BCUT2D eigenvalue weighted by molar-refractivity contribution is 5.89. The molecular weight excluding hydrogens is 528 g/mol. The predicted molar refractivity (Wildman–Crippen MR) is 153 cm³/mol. The molecule has 9 nitrogen and oxygen atoms in total. The Morgan fingerprint density at radius 2 is 1.68 bits per heavy atom. The Kier molecular flexibility index (Phi) is 8.77. The van der Waals surface area contributed by atoms with E-state index >= 15 is 0 Å².